The molecule has 1 N–H and O–H groups in total. The summed E-state index contributed by atoms with van der Waals surface area (Å²) in [7, 11) is 0. The number of anilines is 1. The third-order valence-corrected chi connectivity index (χ3v) is 4.63. The number of nitrogens with one attached hydrogen (secondary N) is 1. The van der Waals surface area contributed by atoms with Gasteiger partial charge in [0.1, 0.15) is 17.6 Å². The number of aryl methyl sites for hydroxylation is 1. The summed E-state index contributed by atoms with van der Waals surface area (Å²) in [5, 5.41) is 10.5. The maximum atomic E-state index is 5.88. The number of hydrogen-bond acceptors (Lipinski definition) is 3. The molecular formula is C21H19N3OS. The highest BCUT2D eigenvalue weighted by Crippen LogP contribution is 2.34. The molecule has 0 unspecified atom stereocenters. The van der Waals surface area contributed by atoms with Crippen molar-refractivity contribution in [3.8, 4) is 0 Å². The molecule has 2 aromatic carbocycles. The van der Waals surface area contributed by atoms with Gasteiger partial charge in [-0.2, -0.15) is 5.10 Å². The number of para-hydroxylation sites is 1. The van der Waals surface area contributed by atoms with Crippen molar-refractivity contribution in [2.75, 3.05) is 5.32 Å². The highest BCUT2D eigenvalue weighted by Gasteiger charge is 2.33. The Morgan fingerprint density at radius 3 is 2.38 bits per heavy atom. The van der Waals surface area contributed by atoms with Crippen LogP contribution in [-0.4, -0.2) is 15.8 Å². The smallest absolute Gasteiger partial charge is 0.194 e. The second-order valence-electron chi connectivity index (χ2n) is 6.22. The lowest BCUT2D eigenvalue weighted by atomic mass is 10.0. The summed E-state index contributed by atoms with van der Waals surface area (Å²) in [5.41, 5.74) is 3.04. The van der Waals surface area contributed by atoms with Crippen LogP contribution in [0.3, 0.4) is 0 Å². The molecule has 0 saturated heterocycles. The molecular weight excluding hydrogens is 342 g/mol. The van der Waals surface area contributed by atoms with Crippen LogP contribution in [0.25, 0.3) is 0 Å². The van der Waals surface area contributed by atoms with Crippen molar-refractivity contribution in [2.24, 2.45) is 5.10 Å². The van der Waals surface area contributed by atoms with Gasteiger partial charge in [-0.25, -0.2) is 5.01 Å². The molecule has 0 amide bonds. The Hall–Kier alpha value is -2.92. The van der Waals surface area contributed by atoms with Crippen LogP contribution in [0, 0.1) is 6.92 Å². The SMILES string of the molecule is Cc1ccc([C@@H]2CC(c3ccccc3)=NN2C(=S)Nc2ccccc2)o1. The summed E-state index contributed by atoms with van der Waals surface area (Å²) in [6, 6.07) is 24.0. The van der Waals surface area contributed by atoms with Gasteiger partial charge in [-0.1, -0.05) is 48.5 Å². The monoisotopic (exact) mass is 361 g/mol. The van der Waals surface area contributed by atoms with Crippen molar-refractivity contribution in [1.82, 2.24) is 5.01 Å². The summed E-state index contributed by atoms with van der Waals surface area (Å²) in [6.07, 6.45) is 0.744. The zero-order chi connectivity index (χ0) is 17.9. The largest absolute Gasteiger partial charge is 0.464 e. The Balaban J connectivity index is 1.64. The summed E-state index contributed by atoms with van der Waals surface area (Å²) in [4.78, 5) is 0. The van der Waals surface area contributed by atoms with Gasteiger partial charge in [0.25, 0.3) is 0 Å². The maximum absolute atomic E-state index is 5.88. The standard InChI is InChI=1S/C21H19N3OS/c1-15-12-13-20(25-15)19-14-18(16-8-4-2-5-9-16)23-24(19)21(26)22-17-10-6-3-7-11-17/h2-13,19H,14H2,1H3,(H,22,26)/t19-/m0/s1. The third-order valence-electron chi connectivity index (χ3n) is 4.34. The first-order valence-electron chi connectivity index (χ1n) is 8.55. The molecule has 1 aromatic heterocycles. The minimum atomic E-state index is -0.0531. The van der Waals surface area contributed by atoms with Crippen LogP contribution in [0.15, 0.2) is 82.3 Å². The fourth-order valence-electron chi connectivity index (χ4n) is 3.06. The number of rotatable bonds is 3. The second kappa shape index (κ2) is 7.14. The van der Waals surface area contributed by atoms with Gasteiger partial charge >= 0.3 is 0 Å². The summed E-state index contributed by atoms with van der Waals surface area (Å²) >= 11 is 5.65. The van der Waals surface area contributed by atoms with Crippen LogP contribution < -0.4 is 5.32 Å². The average Bonchev–Trinajstić information content (AvgIpc) is 3.30. The topological polar surface area (TPSA) is 40.8 Å². The van der Waals surface area contributed by atoms with Gasteiger partial charge in [0.05, 0.1) is 5.71 Å². The van der Waals surface area contributed by atoms with E-state index in [2.05, 4.69) is 17.4 Å². The molecule has 0 fully saturated rings. The van der Waals surface area contributed by atoms with E-state index in [4.69, 9.17) is 21.7 Å². The fraction of sp³-hybridized carbons (Fsp3) is 0.143. The van der Waals surface area contributed by atoms with E-state index in [1.807, 2.05) is 72.6 Å². The first-order valence-corrected chi connectivity index (χ1v) is 8.96. The number of hydrogen-bond donors (Lipinski definition) is 1. The minimum Gasteiger partial charge on any atom is -0.464 e. The Labute approximate surface area is 158 Å². The molecule has 0 spiro atoms. The van der Waals surface area contributed by atoms with Gasteiger partial charge < -0.3 is 9.73 Å². The fourth-order valence-corrected chi connectivity index (χ4v) is 3.35. The van der Waals surface area contributed by atoms with Crippen molar-refractivity contribution in [3.05, 3.63) is 89.9 Å². The van der Waals surface area contributed by atoms with Crippen molar-refractivity contribution in [3.63, 3.8) is 0 Å². The van der Waals surface area contributed by atoms with Gasteiger partial charge in [0.2, 0.25) is 0 Å². The van der Waals surface area contributed by atoms with E-state index in [1.54, 1.807) is 0 Å². The summed E-state index contributed by atoms with van der Waals surface area (Å²) < 4.78 is 5.88. The van der Waals surface area contributed by atoms with Crippen LogP contribution in [0.1, 0.15) is 29.5 Å². The lowest BCUT2D eigenvalue weighted by molar-refractivity contribution is 0.313. The second-order valence-corrected chi connectivity index (χ2v) is 6.61. The lowest BCUT2D eigenvalue weighted by Gasteiger charge is -2.23. The van der Waals surface area contributed by atoms with E-state index in [9.17, 15) is 0 Å². The number of nitrogens with zero attached hydrogens (tertiary/aromatic N) is 2. The number of hydrazone groups is 1. The van der Waals surface area contributed by atoms with Gasteiger partial charge in [0.15, 0.2) is 5.11 Å². The zero-order valence-electron chi connectivity index (χ0n) is 14.4. The van der Waals surface area contributed by atoms with Crippen LogP contribution >= 0.6 is 12.2 Å². The van der Waals surface area contributed by atoms with Gasteiger partial charge in [-0.05, 0) is 49.0 Å². The molecule has 0 bridgehead atoms. The van der Waals surface area contributed by atoms with Gasteiger partial charge in [-0.3, -0.25) is 0 Å². The molecule has 3 aromatic rings. The van der Waals surface area contributed by atoms with E-state index in [0.29, 0.717) is 5.11 Å². The number of thiocarbonyl (C=S) groups is 1. The molecule has 1 aliphatic heterocycles. The van der Waals surface area contributed by atoms with Gasteiger partial charge in [0, 0.05) is 12.1 Å². The van der Waals surface area contributed by atoms with E-state index >= 15 is 0 Å². The number of furan rings is 1. The van der Waals surface area contributed by atoms with Crippen molar-refractivity contribution in [1.29, 1.82) is 0 Å². The molecule has 1 aliphatic rings. The van der Waals surface area contributed by atoms with Crippen LogP contribution in [0.4, 0.5) is 5.69 Å². The highest BCUT2D eigenvalue weighted by atomic mass is 32.1. The van der Waals surface area contributed by atoms with E-state index in [0.717, 1.165) is 34.9 Å². The molecule has 0 radical (unpaired) electrons. The van der Waals surface area contributed by atoms with Crippen LogP contribution in [-0.2, 0) is 0 Å². The minimum absolute atomic E-state index is 0.0531. The van der Waals surface area contributed by atoms with Crippen molar-refractivity contribution in [2.45, 2.75) is 19.4 Å². The van der Waals surface area contributed by atoms with E-state index < -0.39 is 0 Å². The quantitative estimate of drug-likeness (QED) is 0.656. The number of benzene rings is 2. The van der Waals surface area contributed by atoms with Crippen LogP contribution in [0.2, 0.25) is 0 Å². The molecule has 2 heterocycles. The van der Waals surface area contributed by atoms with Crippen molar-refractivity contribution >= 4 is 28.7 Å². The molecule has 130 valence electrons. The molecule has 4 rings (SSSR count). The first kappa shape index (κ1) is 16.5. The van der Waals surface area contributed by atoms with Crippen LogP contribution in [0.5, 0.6) is 0 Å². The average molecular weight is 361 g/mol. The first-order chi connectivity index (χ1) is 12.7. The third kappa shape index (κ3) is 3.39. The summed E-state index contributed by atoms with van der Waals surface area (Å²) in [5.74, 6) is 1.75. The Bertz CT molecular complexity index is 934. The molecule has 1 atom stereocenters. The van der Waals surface area contributed by atoms with Crippen molar-refractivity contribution < 1.29 is 4.42 Å². The maximum Gasteiger partial charge on any atom is 0.194 e. The highest BCUT2D eigenvalue weighted by molar-refractivity contribution is 7.80. The molecule has 26 heavy (non-hydrogen) atoms. The lowest BCUT2D eigenvalue weighted by Crippen LogP contribution is -2.30. The molecule has 4 nitrogen and oxygen atoms in total. The Morgan fingerprint density at radius 1 is 1.04 bits per heavy atom. The predicted octanol–water partition coefficient (Wildman–Crippen LogP) is 5.14. The predicted molar refractivity (Wildman–Crippen MR) is 108 cm³/mol. The van der Waals surface area contributed by atoms with Gasteiger partial charge in [-0.15, -0.1) is 0 Å². The molecule has 0 saturated carbocycles. The Kier molecular flexibility index (Phi) is 4.54. The van der Waals surface area contributed by atoms with E-state index in [-0.39, 0.29) is 6.04 Å². The zero-order valence-corrected chi connectivity index (χ0v) is 15.2. The normalized spacial score (nSPS) is 16.4. The summed E-state index contributed by atoms with van der Waals surface area (Å²) in [6.45, 7) is 1.95. The molecule has 5 heteroatoms. The van der Waals surface area contributed by atoms with E-state index in [1.165, 1.54) is 0 Å². The molecule has 0 aliphatic carbocycles. The Morgan fingerprint density at radius 2 is 1.73 bits per heavy atom.